The molecule has 2 aromatic rings. The molecule has 0 aliphatic heterocycles. The molecule has 0 radical (unpaired) electrons. The van der Waals surface area contributed by atoms with Gasteiger partial charge in [-0.2, -0.15) is 5.10 Å². The minimum Gasteiger partial charge on any atom is -0.323 e. The van der Waals surface area contributed by atoms with Gasteiger partial charge in [0.1, 0.15) is 0 Å². The third-order valence-corrected chi connectivity index (χ3v) is 4.11. The highest BCUT2D eigenvalue weighted by atomic mass is 79.9. The number of halogens is 1. The molecule has 3 nitrogen and oxygen atoms in total. The number of hydrogen-bond acceptors (Lipinski definition) is 3. The van der Waals surface area contributed by atoms with Crippen LogP contribution in [0.25, 0.3) is 0 Å². The van der Waals surface area contributed by atoms with Gasteiger partial charge in [-0.25, -0.2) is 0 Å². The lowest BCUT2D eigenvalue weighted by Crippen LogP contribution is -2.06. The Morgan fingerprint density at radius 1 is 1.10 bits per heavy atom. The van der Waals surface area contributed by atoms with Gasteiger partial charge in [-0.05, 0) is 17.7 Å². The molecule has 1 unspecified atom stereocenters. The Morgan fingerprint density at radius 3 is 2.05 bits per heavy atom. The van der Waals surface area contributed by atoms with Crippen molar-refractivity contribution in [1.82, 2.24) is 0 Å². The molecular formula is C15H15BrN2OS. The van der Waals surface area contributed by atoms with Crippen LogP contribution in [0.2, 0.25) is 0 Å². The van der Waals surface area contributed by atoms with E-state index in [0.29, 0.717) is 5.75 Å². The maximum Gasteiger partial charge on any atom is 0.0971 e. The van der Waals surface area contributed by atoms with E-state index in [1.807, 2.05) is 48.5 Å². The molecule has 0 fully saturated rings. The predicted molar refractivity (Wildman–Crippen MR) is 88.2 cm³/mol. The summed E-state index contributed by atoms with van der Waals surface area (Å²) >= 11 is 3.41. The van der Waals surface area contributed by atoms with E-state index < -0.39 is 10.8 Å². The zero-order valence-electron chi connectivity index (χ0n) is 11.0. The number of hydrazone groups is 1. The minimum atomic E-state index is -0.834. The van der Waals surface area contributed by atoms with Crippen LogP contribution in [0, 0.1) is 0 Å². The van der Waals surface area contributed by atoms with E-state index in [9.17, 15) is 4.21 Å². The quantitative estimate of drug-likeness (QED) is 0.523. The van der Waals surface area contributed by atoms with Gasteiger partial charge in [0, 0.05) is 38.4 Å². The molecule has 0 bridgehead atoms. The number of nitrogens with zero attached hydrogens (tertiary/aromatic N) is 1. The summed E-state index contributed by atoms with van der Waals surface area (Å²) in [5.41, 5.74) is 3.69. The van der Waals surface area contributed by atoms with Gasteiger partial charge in [0.05, 0.1) is 5.71 Å². The molecule has 5 heteroatoms. The highest BCUT2D eigenvalue weighted by molar-refractivity contribution is 9.10. The molecule has 0 aromatic heterocycles. The average molecular weight is 351 g/mol. The van der Waals surface area contributed by atoms with Crippen molar-refractivity contribution in [2.24, 2.45) is 10.9 Å². The van der Waals surface area contributed by atoms with Gasteiger partial charge in [-0.3, -0.25) is 4.21 Å². The smallest absolute Gasteiger partial charge is 0.0971 e. The van der Waals surface area contributed by atoms with E-state index >= 15 is 0 Å². The van der Waals surface area contributed by atoms with Crippen molar-refractivity contribution in [3.63, 3.8) is 0 Å². The van der Waals surface area contributed by atoms with Gasteiger partial charge in [0.15, 0.2) is 0 Å². The molecule has 2 rings (SSSR count). The summed E-state index contributed by atoms with van der Waals surface area (Å²) < 4.78 is 12.2. The first-order chi connectivity index (χ1) is 9.60. The van der Waals surface area contributed by atoms with Crippen LogP contribution < -0.4 is 5.84 Å². The molecular weight excluding hydrogens is 336 g/mol. The Morgan fingerprint density at radius 2 is 1.60 bits per heavy atom. The normalized spacial score (nSPS) is 13.2. The van der Waals surface area contributed by atoms with E-state index in [2.05, 4.69) is 21.0 Å². The molecule has 2 aromatic carbocycles. The van der Waals surface area contributed by atoms with E-state index in [1.54, 1.807) is 6.26 Å². The van der Waals surface area contributed by atoms with Crippen LogP contribution in [-0.2, 0) is 16.6 Å². The fraction of sp³-hybridized carbons (Fsp3) is 0.133. The largest absolute Gasteiger partial charge is 0.323 e. The van der Waals surface area contributed by atoms with E-state index in [1.165, 1.54) is 0 Å². The molecule has 0 aliphatic rings. The van der Waals surface area contributed by atoms with Crippen molar-refractivity contribution in [3.05, 3.63) is 69.7 Å². The molecule has 0 spiro atoms. The van der Waals surface area contributed by atoms with Crippen molar-refractivity contribution < 1.29 is 4.21 Å². The van der Waals surface area contributed by atoms with Gasteiger partial charge in [-0.15, -0.1) is 0 Å². The monoisotopic (exact) mass is 350 g/mol. The summed E-state index contributed by atoms with van der Waals surface area (Å²) in [6.07, 6.45) is 1.70. The fourth-order valence-corrected chi connectivity index (χ4v) is 2.84. The Hall–Kier alpha value is -1.46. The standard InChI is InChI=1S/C15H15BrN2OS/c1-20(19)10-11-2-4-12(5-3-11)15(18-17)13-6-8-14(16)9-7-13/h2-9H,10,17H2,1H3. The second kappa shape index (κ2) is 6.81. The van der Waals surface area contributed by atoms with Crippen LogP contribution >= 0.6 is 15.9 Å². The van der Waals surface area contributed by atoms with Crippen LogP contribution in [-0.4, -0.2) is 16.2 Å². The summed E-state index contributed by atoms with van der Waals surface area (Å²) in [7, 11) is -0.834. The third-order valence-electron chi connectivity index (χ3n) is 2.84. The molecule has 0 saturated carbocycles. The lowest BCUT2D eigenvalue weighted by Gasteiger charge is -2.07. The van der Waals surface area contributed by atoms with Crippen molar-refractivity contribution >= 4 is 32.4 Å². The van der Waals surface area contributed by atoms with Crippen molar-refractivity contribution in [2.45, 2.75) is 5.75 Å². The van der Waals surface area contributed by atoms with Crippen LogP contribution in [0.1, 0.15) is 16.7 Å². The fourth-order valence-electron chi connectivity index (χ4n) is 1.92. The highest BCUT2D eigenvalue weighted by Crippen LogP contribution is 2.16. The maximum atomic E-state index is 11.2. The van der Waals surface area contributed by atoms with Gasteiger partial charge in [0.2, 0.25) is 0 Å². The Kier molecular flexibility index (Phi) is 5.09. The first-order valence-corrected chi connectivity index (χ1v) is 8.55. The van der Waals surface area contributed by atoms with E-state index in [4.69, 9.17) is 5.84 Å². The van der Waals surface area contributed by atoms with Gasteiger partial charge < -0.3 is 5.84 Å². The second-order valence-electron chi connectivity index (χ2n) is 4.40. The summed E-state index contributed by atoms with van der Waals surface area (Å²) in [4.78, 5) is 0. The zero-order valence-corrected chi connectivity index (χ0v) is 13.4. The molecule has 0 saturated heterocycles. The third kappa shape index (κ3) is 3.77. The minimum absolute atomic E-state index is 0.563. The van der Waals surface area contributed by atoms with Gasteiger partial charge >= 0.3 is 0 Å². The molecule has 0 heterocycles. The molecule has 1 atom stereocenters. The summed E-state index contributed by atoms with van der Waals surface area (Å²) in [5, 5.41) is 3.89. The molecule has 2 N–H and O–H groups in total. The highest BCUT2D eigenvalue weighted by Gasteiger charge is 2.07. The van der Waals surface area contributed by atoms with Gasteiger partial charge in [0.25, 0.3) is 0 Å². The van der Waals surface area contributed by atoms with Crippen LogP contribution in [0.3, 0.4) is 0 Å². The molecule has 0 aliphatic carbocycles. The van der Waals surface area contributed by atoms with Crippen LogP contribution in [0.4, 0.5) is 0 Å². The second-order valence-corrected chi connectivity index (χ2v) is 6.75. The maximum absolute atomic E-state index is 11.2. The molecule has 0 amide bonds. The van der Waals surface area contributed by atoms with Crippen molar-refractivity contribution in [1.29, 1.82) is 0 Å². The number of rotatable bonds is 4. The Balaban J connectivity index is 2.28. The number of hydrogen-bond donors (Lipinski definition) is 1. The van der Waals surface area contributed by atoms with E-state index in [0.717, 1.165) is 26.9 Å². The number of nitrogens with two attached hydrogens (primary N) is 1. The SMILES string of the molecule is CS(=O)Cc1ccc(C(=NN)c2ccc(Br)cc2)cc1. The number of benzene rings is 2. The lowest BCUT2D eigenvalue weighted by molar-refractivity contribution is 0.686. The topological polar surface area (TPSA) is 55.5 Å². The Labute approximate surface area is 129 Å². The predicted octanol–water partition coefficient (Wildman–Crippen LogP) is 3.04. The lowest BCUT2D eigenvalue weighted by atomic mass is 10.0. The summed E-state index contributed by atoms with van der Waals surface area (Å²) in [6, 6.07) is 15.7. The molecule has 20 heavy (non-hydrogen) atoms. The van der Waals surface area contributed by atoms with Crippen molar-refractivity contribution in [2.75, 3.05) is 6.26 Å². The van der Waals surface area contributed by atoms with E-state index in [-0.39, 0.29) is 0 Å². The Bertz CT molecular complexity index is 636. The molecule has 104 valence electrons. The summed E-state index contributed by atoms with van der Waals surface area (Å²) in [6.45, 7) is 0. The average Bonchev–Trinajstić information content (AvgIpc) is 2.43. The zero-order chi connectivity index (χ0) is 14.5. The van der Waals surface area contributed by atoms with Crippen molar-refractivity contribution in [3.8, 4) is 0 Å². The summed E-state index contributed by atoms with van der Waals surface area (Å²) in [5.74, 6) is 6.08. The first kappa shape index (κ1) is 14.9. The van der Waals surface area contributed by atoms with Gasteiger partial charge in [-0.1, -0.05) is 52.3 Å². The van der Waals surface area contributed by atoms with Crippen LogP contribution in [0.15, 0.2) is 58.1 Å². The van der Waals surface area contributed by atoms with Crippen LogP contribution in [0.5, 0.6) is 0 Å². The first-order valence-electron chi connectivity index (χ1n) is 6.03.